The van der Waals surface area contributed by atoms with Crippen molar-refractivity contribution in [3.63, 3.8) is 0 Å². The van der Waals surface area contributed by atoms with Gasteiger partial charge in [-0.2, -0.15) is 0 Å². The highest BCUT2D eigenvalue weighted by atomic mass is 16.3. The number of aliphatic hydroxyl groups excluding tert-OH is 1. The Labute approximate surface area is 118 Å². The first kappa shape index (κ1) is 12.9. The number of para-hydroxylation sites is 2. The van der Waals surface area contributed by atoms with Gasteiger partial charge in [0.05, 0.1) is 17.1 Å². The van der Waals surface area contributed by atoms with Crippen LogP contribution in [0.5, 0.6) is 0 Å². The fourth-order valence-corrected chi connectivity index (χ4v) is 2.65. The van der Waals surface area contributed by atoms with Gasteiger partial charge in [-0.15, -0.1) is 0 Å². The van der Waals surface area contributed by atoms with Crippen molar-refractivity contribution in [2.45, 2.75) is 26.0 Å². The summed E-state index contributed by atoms with van der Waals surface area (Å²) in [6, 6.07) is 18.4. The number of aliphatic hydroxyl groups is 1. The minimum Gasteiger partial charge on any atom is -0.385 e. The van der Waals surface area contributed by atoms with Crippen LogP contribution < -0.4 is 0 Å². The van der Waals surface area contributed by atoms with Crippen LogP contribution in [0.15, 0.2) is 54.6 Å². The number of rotatable bonds is 3. The molecule has 102 valence electrons. The molecular formula is C17H18N2O. The third-order valence-electron chi connectivity index (χ3n) is 3.67. The van der Waals surface area contributed by atoms with Gasteiger partial charge in [0.15, 0.2) is 0 Å². The normalized spacial score (nSPS) is 14.3. The molecule has 3 aromatic rings. The summed E-state index contributed by atoms with van der Waals surface area (Å²) in [7, 11) is 0. The van der Waals surface area contributed by atoms with Crippen LogP contribution in [0.2, 0.25) is 0 Å². The lowest BCUT2D eigenvalue weighted by atomic mass is 10.1. The van der Waals surface area contributed by atoms with Crippen molar-refractivity contribution in [1.82, 2.24) is 9.55 Å². The Bertz CT molecular complexity index is 716. The molecule has 0 bridgehead atoms. The largest absolute Gasteiger partial charge is 0.385 e. The van der Waals surface area contributed by atoms with E-state index in [1.54, 1.807) is 6.92 Å². The van der Waals surface area contributed by atoms with E-state index in [4.69, 9.17) is 0 Å². The van der Waals surface area contributed by atoms with Crippen LogP contribution in [0.3, 0.4) is 0 Å². The second kappa shape index (κ2) is 5.10. The number of hydrogen-bond donors (Lipinski definition) is 1. The average molecular weight is 266 g/mol. The van der Waals surface area contributed by atoms with Gasteiger partial charge in [-0.05, 0) is 31.5 Å². The van der Waals surface area contributed by atoms with Crippen LogP contribution in [-0.2, 0) is 0 Å². The van der Waals surface area contributed by atoms with Crippen LogP contribution in [0, 0.1) is 0 Å². The van der Waals surface area contributed by atoms with Crippen molar-refractivity contribution in [2.75, 3.05) is 0 Å². The standard InChI is InChI=1S/C17H18N2O/c1-12(14-8-4-3-5-9-14)19-16-11-7-6-10-15(16)18-17(19)13(2)20/h3-13,20H,1-2H3/t12-,13-/m1/s1. The summed E-state index contributed by atoms with van der Waals surface area (Å²) in [6.07, 6.45) is -0.589. The van der Waals surface area contributed by atoms with Crippen molar-refractivity contribution >= 4 is 11.0 Å². The predicted molar refractivity (Wildman–Crippen MR) is 80.6 cm³/mol. The van der Waals surface area contributed by atoms with Crippen molar-refractivity contribution in [1.29, 1.82) is 0 Å². The molecule has 1 aromatic heterocycles. The van der Waals surface area contributed by atoms with Gasteiger partial charge in [0.2, 0.25) is 0 Å². The lowest BCUT2D eigenvalue weighted by molar-refractivity contribution is 0.183. The summed E-state index contributed by atoms with van der Waals surface area (Å²) in [5.41, 5.74) is 3.18. The Balaban J connectivity index is 2.21. The summed E-state index contributed by atoms with van der Waals surface area (Å²) < 4.78 is 2.12. The van der Waals surface area contributed by atoms with Crippen LogP contribution >= 0.6 is 0 Å². The van der Waals surface area contributed by atoms with Crippen LogP contribution in [0.4, 0.5) is 0 Å². The van der Waals surface area contributed by atoms with Gasteiger partial charge in [-0.25, -0.2) is 4.98 Å². The highest BCUT2D eigenvalue weighted by molar-refractivity contribution is 5.76. The highest BCUT2D eigenvalue weighted by Crippen LogP contribution is 2.28. The lowest BCUT2D eigenvalue weighted by Crippen LogP contribution is -2.12. The third kappa shape index (κ3) is 2.10. The van der Waals surface area contributed by atoms with E-state index in [9.17, 15) is 5.11 Å². The van der Waals surface area contributed by atoms with Gasteiger partial charge in [0, 0.05) is 0 Å². The fraction of sp³-hybridized carbons (Fsp3) is 0.235. The minimum atomic E-state index is -0.589. The van der Waals surface area contributed by atoms with Gasteiger partial charge in [-0.3, -0.25) is 0 Å². The highest BCUT2D eigenvalue weighted by Gasteiger charge is 2.19. The molecule has 0 radical (unpaired) electrons. The Morgan fingerprint density at radius 2 is 1.60 bits per heavy atom. The Morgan fingerprint density at radius 3 is 2.30 bits per heavy atom. The SMILES string of the molecule is C[C@H](c1ccccc1)n1c([C@@H](C)O)nc2ccccc21. The van der Waals surface area contributed by atoms with E-state index < -0.39 is 6.10 Å². The van der Waals surface area contributed by atoms with Gasteiger partial charge in [0.1, 0.15) is 11.9 Å². The van der Waals surface area contributed by atoms with Gasteiger partial charge in [0.25, 0.3) is 0 Å². The predicted octanol–water partition coefficient (Wildman–Crippen LogP) is 3.70. The molecule has 20 heavy (non-hydrogen) atoms. The zero-order chi connectivity index (χ0) is 14.1. The molecule has 1 N–H and O–H groups in total. The quantitative estimate of drug-likeness (QED) is 0.785. The van der Waals surface area contributed by atoms with Crippen molar-refractivity contribution in [3.05, 3.63) is 66.0 Å². The minimum absolute atomic E-state index is 0.133. The number of benzene rings is 2. The molecule has 2 aromatic carbocycles. The first-order valence-electron chi connectivity index (χ1n) is 6.88. The Morgan fingerprint density at radius 1 is 0.950 bits per heavy atom. The summed E-state index contributed by atoms with van der Waals surface area (Å²) in [5, 5.41) is 10.0. The molecule has 1 heterocycles. The number of fused-ring (bicyclic) bond motifs is 1. The maximum absolute atomic E-state index is 10.0. The van der Waals surface area contributed by atoms with Crippen LogP contribution in [0.25, 0.3) is 11.0 Å². The molecule has 0 amide bonds. The van der Waals surface area contributed by atoms with Gasteiger partial charge < -0.3 is 9.67 Å². The van der Waals surface area contributed by atoms with Gasteiger partial charge >= 0.3 is 0 Å². The van der Waals surface area contributed by atoms with Crippen LogP contribution in [0.1, 0.15) is 37.4 Å². The smallest absolute Gasteiger partial charge is 0.139 e. The zero-order valence-electron chi connectivity index (χ0n) is 11.7. The Hall–Kier alpha value is -2.13. The molecule has 0 saturated carbocycles. The molecule has 0 spiro atoms. The maximum Gasteiger partial charge on any atom is 0.139 e. The molecule has 3 heteroatoms. The zero-order valence-corrected chi connectivity index (χ0v) is 11.7. The molecule has 0 unspecified atom stereocenters. The summed E-state index contributed by atoms with van der Waals surface area (Å²) in [6.45, 7) is 3.89. The van der Waals surface area contributed by atoms with E-state index in [2.05, 4.69) is 28.6 Å². The van der Waals surface area contributed by atoms with E-state index in [0.717, 1.165) is 11.0 Å². The first-order chi connectivity index (χ1) is 9.68. The topological polar surface area (TPSA) is 38.0 Å². The second-order valence-corrected chi connectivity index (χ2v) is 5.09. The first-order valence-corrected chi connectivity index (χ1v) is 6.88. The number of aromatic nitrogens is 2. The molecule has 0 aliphatic carbocycles. The second-order valence-electron chi connectivity index (χ2n) is 5.09. The van der Waals surface area contributed by atoms with Crippen molar-refractivity contribution in [2.24, 2.45) is 0 Å². The number of imidazole rings is 1. The maximum atomic E-state index is 10.0. The third-order valence-corrected chi connectivity index (χ3v) is 3.67. The monoisotopic (exact) mass is 266 g/mol. The van der Waals surface area contributed by atoms with E-state index in [0.29, 0.717) is 5.82 Å². The summed E-state index contributed by atoms with van der Waals surface area (Å²) in [5.74, 6) is 0.711. The molecule has 0 aliphatic rings. The fourth-order valence-electron chi connectivity index (χ4n) is 2.65. The molecule has 3 rings (SSSR count). The molecule has 0 aliphatic heterocycles. The lowest BCUT2D eigenvalue weighted by Gasteiger charge is -2.19. The number of hydrogen-bond acceptors (Lipinski definition) is 2. The van der Waals surface area contributed by atoms with E-state index in [1.165, 1.54) is 5.56 Å². The van der Waals surface area contributed by atoms with Crippen molar-refractivity contribution < 1.29 is 5.11 Å². The van der Waals surface area contributed by atoms with Gasteiger partial charge in [-0.1, -0.05) is 42.5 Å². The van der Waals surface area contributed by atoms with E-state index >= 15 is 0 Å². The summed E-state index contributed by atoms with van der Waals surface area (Å²) in [4.78, 5) is 4.57. The van der Waals surface area contributed by atoms with Crippen molar-refractivity contribution in [3.8, 4) is 0 Å². The molecular weight excluding hydrogens is 248 g/mol. The molecule has 2 atom stereocenters. The summed E-state index contributed by atoms with van der Waals surface area (Å²) >= 11 is 0. The van der Waals surface area contributed by atoms with Crippen LogP contribution in [-0.4, -0.2) is 14.7 Å². The number of nitrogens with zero attached hydrogens (tertiary/aromatic N) is 2. The Kier molecular flexibility index (Phi) is 3.28. The molecule has 3 nitrogen and oxygen atoms in total. The molecule has 0 saturated heterocycles. The molecule has 0 fully saturated rings. The average Bonchev–Trinajstić information content (AvgIpc) is 2.87. The van der Waals surface area contributed by atoms with E-state index in [1.807, 2.05) is 42.5 Å². The van der Waals surface area contributed by atoms with E-state index in [-0.39, 0.29) is 6.04 Å².